The number of benzene rings is 1. The quantitative estimate of drug-likeness (QED) is 0.0754. The molecule has 1 amide bonds. The van der Waals surface area contributed by atoms with Crippen LogP contribution in [0.3, 0.4) is 0 Å². The van der Waals surface area contributed by atoms with Crippen LogP contribution in [-0.2, 0) is 14.3 Å². The highest BCUT2D eigenvalue weighted by atomic mass is 28.4. The molecule has 1 rings (SSSR count). The van der Waals surface area contributed by atoms with Crippen molar-refractivity contribution in [1.82, 2.24) is 5.32 Å². The molecule has 0 aliphatic rings. The van der Waals surface area contributed by atoms with Gasteiger partial charge in [-0.25, -0.2) is 4.79 Å². The van der Waals surface area contributed by atoms with Crippen LogP contribution in [0.5, 0.6) is 11.5 Å². The molecule has 1 aromatic carbocycles. The van der Waals surface area contributed by atoms with Gasteiger partial charge in [-0.15, -0.1) is 6.58 Å². The second kappa shape index (κ2) is 14.2. The van der Waals surface area contributed by atoms with Gasteiger partial charge in [-0.3, -0.25) is 4.79 Å². The number of methoxy groups -OCH3 is 1. The number of hydrogen-bond donors (Lipinski definition) is 1. The fourth-order valence-corrected chi connectivity index (χ4v) is 4.12. The first-order valence-electron chi connectivity index (χ1n) is 13.0. The fraction of sp³-hybridized carbons (Fsp3) is 0.484. The molecule has 0 bridgehead atoms. The molecule has 0 saturated heterocycles. The largest absolute Gasteiger partial charge is 0.541 e. The molecule has 0 aliphatic heterocycles. The zero-order valence-electron chi connectivity index (χ0n) is 24.9. The molecule has 0 aromatic heterocycles. The van der Waals surface area contributed by atoms with Gasteiger partial charge < -0.3 is 19.2 Å². The van der Waals surface area contributed by atoms with Gasteiger partial charge >= 0.3 is 5.97 Å². The predicted octanol–water partition coefficient (Wildman–Crippen LogP) is 7.25. The molecule has 1 aromatic rings. The summed E-state index contributed by atoms with van der Waals surface area (Å²) >= 11 is 0. The molecule has 1 N–H and O–H groups in total. The molecule has 1 atom stereocenters. The van der Waals surface area contributed by atoms with E-state index in [1.54, 1.807) is 25.3 Å². The maximum absolute atomic E-state index is 12.4. The highest BCUT2D eigenvalue weighted by molar-refractivity contribution is 6.74. The third-order valence-electron chi connectivity index (χ3n) is 6.43. The molecule has 0 aliphatic carbocycles. The minimum atomic E-state index is -1.99. The monoisotopic (exact) mass is 541 g/mol. The van der Waals surface area contributed by atoms with Crippen molar-refractivity contribution >= 4 is 26.3 Å². The summed E-state index contributed by atoms with van der Waals surface area (Å²) in [4.78, 5) is 24.9. The molecular weight excluding hydrogens is 494 g/mol. The molecule has 0 unspecified atom stereocenters. The molecule has 210 valence electrons. The first-order valence-corrected chi connectivity index (χ1v) is 15.9. The van der Waals surface area contributed by atoms with Gasteiger partial charge in [-0.05, 0) is 54.6 Å². The number of nitrogens with one attached hydrogen (secondary N) is 1. The Bertz CT molecular complexity index is 1060. The molecule has 0 fully saturated rings. The van der Waals surface area contributed by atoms with Crippen molar-refractivity contribution in [3.8, 4) is 11.5 Å². The third kappa shape index (κ3) is 10.7. The van der Waals surface area contributed by atoms with Gasteiger partial charge in [-0.1, -0.05) is 83.6 Å². The van der Waals surface area contributed by atoms with E-state index in [2.05, 4.69) is 45.8 Å². The zero-order chi connectivity index (χ0) is 29.1. The number of amides is 1. The number of allylic oxidation sites excluding steroid dienone is 4. The first kappa shape index (κ1) is 33.0. The standard InChI is InChI=1S/C31H47NO5Si/c1-12-13-20-36-29(34)28(30(3,4)5)32-27(33)17-15-14-16-23(2)21-24-18-19-25(26(22-24)35-9)37-38(10,11)31(6,7)8/h12,14-19,21-22,28H,1,13,20H2,2-11H3,(H,32,33)/t28-/m1/s1. The Morgan fingerprint density at radius 2 is 1.68 bits per heavy atom. The number of hydrogen-bond acceptors (Lipinski definition) is 5. The maximum Gasteiger partial charge on any atom is 0.329 e. The summed E-state index contributed by atoms with van der Waals surface area (Å²) in [5, 5.41) is 2.85. The SMILES string of the molecule is C=CCCOC(=O)[C@@H](NC(=O)C=CC=CC(C)=Cc1ccc(O[Si](C)(C)C(C)(C)C)c(OC)c1)C(C)(C)C. The van der Waals surface area contributed by atoms with E-state index in [-0.39, 0.29) is 17.6 Å². The molecule has 38 heavy (non-hydrogen) atoms. The predicted molar refractivity (Wildman–Crippen MR) is 160 cm³/mol. The highest BCUT2D eigenvalue weighted by Gasteiger charge is 2.39. The van der Waals surface area contributed by atoms with Crippen molar-refractivity contribution in [3.05, 3.63) is 66.3 Å². The van der Waals surface area contributed by atoms with Crippen LogP contribution in [0.1, 0.15) is 60.5 Å². The number of carbonyl (C=O) groups excluding carboxylic acids is 2. The second-order valence-corrected chi connectivity index (χ2v) is 16.7. The Morgan fingerprint density at radius 3 is 2.24 bits per heavy atom. The summed E-state index contributed by atoms with van der Waals surface area (Å²) in [6, 6.07) is 5.17. The van der Waals surface area contributed by atoms with Crippen LogP contribution in [0.25, 0.3) is 6.08 Å². The Kier molecular flexibility index (Phi) is 12.3. The smallest absolute Gasteiger partial charge is 0.329 e. The molecule has 0 heterocycles. The lowest BCUT2D eigenvalue weighted by atomic mass is 9.86. The van der Waals surface area contributed by atoms with Crippen molar-refractivity contribution < 1.29 is 23.5 Å². The van der Waals surface area contributed by atoms with Crippen LogP contribution < -0.4 is 14.5 Å². The van der Waals surface area contributed by atoms with E-state index in [4.69, 9.17) is 13.9 Å². The van der Waals surface area contributed by atoms with E-state index in [0.29, 0.717) is 12.2 Å². The van der Waals surface area contributed by atoms with Crippen LogP contribution in [-0.4, -0.2) is 40.0 Å². The summed E-state index contributed by atoms with van der Waals surface area (Å²) in [6.45, 7) is 22.5. The van der Waals surface area contributed by atoms with Crippen molar-refractivity contribution in [3.63, 3.8) is 0 Å². The van der Waals surface area contributed by atoms with Gasteiger partial charge in [0.15, 0.2) is 5.75 Å². The molecule has 0 saturated carbocycles. The van der Waals surface area contributed by atoms with Crippen LogP contribution in [0.15, 0.2) is 60.7 Å². The van der Waals surface area contributed by atoms with Crippen molar-refractivity contribution in [1.29, 1.82) is 0 Å². The average molecular weight is 542 g/mol. The topological polar surface area (TPSA) is 73.9 Å². The first-order chi connectivity index (χ1) is 17.5. The normalized spacial score (nSPS) is 13.9. The van der Waals surface area contributed by atoms with E-state index < -0.39 is 25.7 Å². The molecule has 0 spiro atoms. The highest BCUT2D eigenvalue weighted by Crippen LogP contribution is 2.40. The van der Waals surface area contributed by atoms with Crippen LogP contribution >= 0.6 is 0 Å². The van der Waals surface area contributed by atoms with E-state index >= 15 is 0 Å². The van der Waals surface area contributed by atoms with Gasteiger partial charge in [0, 0.05) is 6.08 Å². The van der Waals surface area contributed by atoms with E-state index in [1.165, 1.54) is 6.08 Å². The van der Waals surface area contributed by atoms with Gasteiger partial charge in [0.25, 0.3) is 8.32 Å². The summed E-state index contributed by atoms with van der Waals surface area (Å²) in [6.07, 6.45) is 11.0. The van der Waals surface area contributed by atoms with Crippen molar-refractivity contribution in [2.45, 2.75) is 79.1 Å². The molecule has 7 heteroatoms. The van der Waals surface area contributed by atoms with Gasteiger partial charge in [0.1, 0.15) is 11.8 Å². The van der Waals surface area contributed by atoms with E-state index in [9.17, 15) is 9.59 Å². The minimum absolute atomic E-state index is 0.0881. The third-order valence-corrected chi connectivity index (χ3v) is 10.8. The average Bonchev–Trinajstić information content (AvgIpc) is 2.79. The number of ether oxygens (including phenoxy) is 2. The Labute approximate surface area is 231 Å². The minimum Gasteiger partial charge on any atom is -0.541 e. The van der Waals surface area contributed by atoms with Crippen molar-refractivity contribution in [2.24, 2.45) is 5.41 Å². The second-order valence-electron chi connectivity index (χ2n) is 11.9. The molecule has 0 radical (unpaired) electrons. The van der Waals surface area contributed by atoms with Crippen LogP contribution in [0.2, 0.25) is 18.1 Å². The lowest BCUT2D eigenvalue weighted by molar-refractivity contribution is -0.150. The Morgan fingerprint density at radius 1 is 1.05 bits per heavy atom. The van der Waals surface area contributed by atoms with Gasteiger partial charge in [0.05, 0.1) is 13.7 Å². The zero-order valence-corrected chi connectivity index (χ0v) is 25.9. The lowest BCUT2D eigenvalue weighted by Gasteiger charge is -2.36. The van der Waals surface area contributed by atoms with Crippen molar-refractivity contribution in [2.75, 3.05) is 13.7 Å². The maximum atomic E-state index is 12.4. The lowest BCUT2D eigenvalue weighted by Crippen LogP contribution is -2.49. The van der Waals surface area contributed by atoms with Gasteiger partial charge in [0.2, 0.25) is 5.91 Å². The van der Waals surface area contributed by atoms with E-state index in [1.807, 2.05) is 58.0 Å². The Balaban J connectivity index is 2.87. The fourth-order valence-electron chi connectivity index (χ4n) is 3.09. The summed E-state index contributed by atoms with van der Waals surface area (Å²) in [7, 11) is -0.337. The summed E-state index contributed by atoms with van der Waals surface area (Å²) in [5.41, 5.74) is 1.49. The van der Waals surface area contributed by atoms with E-state index in [0.717, 1.165) is 16.9 Å². The summed E-state index contributed by atoms with van der Waals surface area (Å²) in [5.74, 6) is 0.649. The Hall–Kier alpha value is -3.06. The molecular formula is C31H47NO5Si. The number of carbonyl (C=O) groups is 2. The van der Waals surface area contributed by atoms with Gasteiger partial charge in [-0.2, -0.15) is 0 Å². The summed E-state index contributed by atoms with van der Waals surface area (Å²) < 4.78 is 17.3. The van der Waals surface area contributed by atoms with Crippen LogP contribution in [0, 0.1) is 5.41 Å². The van der Waals surface area contributed by atoms with Crippen LogP contribution in [0.4, 0.5) is 0 Å². The number of esters is 1. The molecule has 6 nitrogen and oxygen atoms in total. The number of rotatable bonds is 12.